The van der Waals surface area contributed by atoms with Crippen molar-refractivity contribution in [2.45, 2.75) is 6.92 Å². The van der Waals surface area contributed by atoms with E-state index < -0.39 is 0 Å². The van der Waals surface area contributed by atoms with Crippen LogP contribution in [-0.2, 0) is 4.79 Å². The zero-order chi connectivity index (χ0) is 20.1. The van der Waals surface area contributed by atoms with E-state index in [1.807, 2.05) is 43.3 Å². The molecule has 0 spiro atoms. The van der Waals surface area contributed by atoms with Gasteiger partial charge in [-0.3, -0.25) is 15.0 Å². The first-order valence-corrected chi connectivity index (χ1v) is 9.70. The summed E-state index contributed by atoms with van der Waals surface area (Å²) >= 11 is 6.40. The molecule has 1 aliphatic rings. The van der Waals surface area contributed by atoms with Crippen LogP contribution in [0.2, 0.25) is 0 Å². The largest absolute Gasteiger partial charge is 0.490 e. The minimum atomic E-state index is -0.388. The Morgan fingerprint density at radius 2 is 1.89 bits per heavy atom. The van der Waals surface area contributed by atoms with Crippen molar-refractivity contribution in [3.05, 3.63) is 82.8 Å². The van der Waals surface area contributed by atoms with Crippen LogP contribution in [0, 0.1) is 6.92 Å². The molecule has 0 bridgehead atoms. The Morgan fingerprint density at radius 3 is 2.54 bits per heavy atom. The summed E-state index contributed by atoms with van der Waals surface area (Å²) in [7, 11) is 0. The van der Waals surface area contributed by atoms with Gasteiger partial charge in [-0.25, -0.2) is 0 Å². The molecule has 5 nitrogen and oxygen atoms in total. The third-order valence-electron chi connectivity index (χ3n) is 3.87. The fraction of sp³-hybridized carbons (Fsp3) is 0.0952. The van der Waals surface area contributed by atoms with Gasteiger partial charge in [0.15, 0.2) is 4.32 Å². The highest BCUT2D eigenvalue weighted by atomic mass is 32.2. The lowest BCUT2D eigenvalue weighted by atomic mass is 10.1. The number of aryl methyl sites for hydroxylation is 1. The monoisotopic (exact) mass is 410 g/mol. The summed E-state index contributed by atoms with van der Waals surface area (Å²) in [5.74, 6) is -0.0290. The van der Waals surface area contributed by atoms with Crippen molar-refractivity contribution in [2.75, 3.05) is 6.61 Å². The topological polar surface area (TPSA) is 58.6 Å². The van der Waals surface area contributed by atoms with Crippen LogP contribution < -0.4 is 10.2 Å². The van der Waals surface area contributed by atoms with Gasteiger partial charge >= 0.3 is 0 Å². The molecule has 1 fully saturated rings. The number of thioether (sulfide) groups is 1. The highest BCUT2D eigenvalue weighted by Gasteiger charge is 2.33. The molecule has 0 radical (unpaired) electrons. The van der Waals surface area contributed by atoms with Gasteiger partial charge in [0.05, 0.1) is 4.91 Å². The van der Waals surface area contributed by atoms with Gasteiger partial charge in [-0.15, -0.1) is 0 Å². The number of hydrogen-bond acceptors (Lipinski definition) is 5. The zero-order valence-corrected chi connectivity index (χ0v) is 16.8. The number of carbonyl (C=O) groups is 2. The van der Waals surface area contributed by atoms with E-state index >= 15 is 0 Å². The van der Waals surface area contributed by atoms with Gasteiger partial charge in [0, 0.05) is 5.56 Å². The lowest BCUT2D eigenvalue weighted by Gasteiger charge is -2.15. The molecule has 142 valence electrons. The fourth-order valence-corrected chi connectivity index (χ4v) is 3.58. The van der Waals surface area contributed by atoms with Gasteiger partial charge in [0.2, 0.25) is 0 Å². The fourth-order valence-electron chi connectivity index (χ4n) is 2.40. The molecule has 28 heavy (non-hydrogen) atoms. The molecule has 0 aliphatic carbocycles. The predicted molar refractivity (Wildman–Crippen MR) is 116 cm³/mol. The summed E-state index contributed by atoms with van der Waals surface area (Å²) in [6.07, 6.45) is 3.40. The number of benzene rings is 2. The van der Waals surface area contributed by atoms with E-state index in [1.165, 1.54) is 0 Å². The van der Waals surface area contributed by atoms with Crippen LogP contribution >= 0.6 is 24.0 Å². The second kappa shape index (κ2) is 8.86. The van der Waals surface area contributed by atoms with Crippen molar-refractivity contribution >= 4 is 46.2 Å². The molecule has 7 heteroatoms. The number of amides is 2. The SMILES string of the molecule is C=CCOc1ccc(C=C2SC(=S)N(NC(=O)c3ccc(C)cc3)C2=O)cc1. The first kappa shape index (κ1) is 19.9. The van der Waals surface area contributed by atoms with Crippen molar-refractivity contribution in [3.63, 3.8) is 0 Å². The van der Waals surface area contributed by atoms with Crippen molar-refractivity contribution < 1.29 is 14.3 Å². The zero-order valence-electron chi connectivity index (χ0n) is 15.2. The van der Waals surface area contributed by atoms with E-state index in [4.69, 9.17) is 17.0 Å². The molecule has 0 aromatic heterocycles. The van der Waals surface area contributed by atoms with E-state index in [0.29, 0.717) is 17.1 Å². The molecular formula is C21H18N2O3S2. The van der Waals surface area contributed by atoms with Gasteiger partial charge < -0.3 is 4.74 Å². The highest BCUT2D eigenvalue weighted by Crippen LogP contribution is 2.31. The number of hydrogen-bond donors (Lipinski definition) is 1. The van der Waals surface area contributed by atoms with Gasteiger partial charge in [0.1, 0.15) is 12.4 Å². The Bertz CT molecular complexity index is 951. The van der Waals surface area contributed by atoms with E-state index in [2.05, 4.69) is 12.0 Å². The van der Waals surface area contributed by atoms with Crippen LogP contribution in [0.1, 0.15) is 21.5 Å². The molecule has 1 heterocycles. The number of hydrazine groups is 1. The summed E-state index contributed by atoms with van der Waals surface area (Å²) in [5, 5.41) is 1.11. The average molecular weight is 411 g/mol. The predicted octanol–water partition coefficient (Wildman–Crippen LogP) is 4.11. The van der Waals surface area contributed by atoms with Gasteiger partial charge in [-0.1, -0.05) is 54.2 Å². The van der Waals surface area contributed by atoms with E-state index in [1.54, 1.807) is 24.3 Å². The van der Waals surface area contributed by atoms with Crippen molar-refractivity contribution in [1.82, 2.24) is 10.4 Å². The number of rotatable bonds is 6. The standard InChI is InChI=1S/C21H18N2O3S2/c1-3-12-26-17-10-6-15(7-11-17)13-18-20(25)23(21(27)28-18)22-19(24)16-8-4-14(2)5-9-16/h3-11,13H,1,12H2,2H3,(H,22,24). The number of thiocarbonyl (C=S) groups is 1. The molecule has 0 saturated carbocycles. The molecule has 0 unspecified atom stereocenters. The number of nitrogens with one attached hydrogen (secondary N) is 1. The molecule has 2 aromatic carbocycles. The maximum absolute atomic E-state index is 12.6. The van der Waals surface area contributed by atoms with Crippen LogP contribution in [0.25, 0.3) is 6.08 Å². The summed E-state index contributed by atoms with van der Waals surface area (Å²) in [6.45, 7) is 5.97. The smallest absolute Gasteiger partial charge is 0.285 e. The van der Waals surface area contributed by atoms with Crippen LogP contribution in [-0.4, -0.2) is 27.8 Å². The third kappa shape index (κ3) is 4.68. The minimum Gasteiger partial charge on any atom is -0.490 e. The Hall–Kier alpha value is -2.90. The summed E-state index contributed by atoms with van der Waals surface area (Å²) in [6, 6.07) is 14.4. The molecule has 1 N–H and O–H groups in total. The van der Waals surface area contributed by atoms with Crippen LogP contribution in [0.15, 0.2) is 66.1 Å². The molecule has 0 atom stereocenters. The summed E-state index contributed by atoms with van der Waals surface area (Å²) < 4.78 is 5.72. The lowest BCUT2D eigenvalue weighted by molar-refractivity contribution is -0.123. The summed E-state index contributed by atoms with van der Waals surface area (Å²) in [5.41, 5.74) is 4.91. The van der Waals surface area contributed by atoms with E-state index in [9.17, 15) is 9.59 Å². The molecule has 3 rings (SSSR count). The number of nitrogens with zero attached hydrogens (tertiary/aromatic N) is 1. The molecular weight excluding hydrogens is 392 g/mol. The minimum absolute atomic E-state index is 0.280. The molecule has 1 saturated heterocycles. The molecule has 2 aromatic rings. The van der Waals surface area contributed by atoms with Crippen molar-refractivity contribution in [3.8, 4) is 5.75 Å². The van der Waals surface area contributed by atoms with Crippen molar-refractivity contribution in [2.24, 2.45) is 0 Å². The number of ether oxygens (including phenoxy) is 1. The quantitative estimate of drug-likeness (QED) is 0.441. The average Bonchev–Trinajstić information content (AvgIpc) is 2.95. The Labute approximate surface area is 173 Å². The van der Waals surface area contributed by atoms with Crippen LogP contribution in [0.4, 0.5) is 0 Å². The second-order valence-corrected chi connectivity index (χ2v) is 7.67. The molecule has 2 amide bonds. The first-order chi connectivity index (χ1) is 13.5. The maximum Gasteiger partial charge on any atom is 0.285 e. The van der Waals surface area contributed by atoms with Gasteiger partial charge in [-0.2, -0.15) is 5.01 Å². The van der Waals surface area contributed by atoms with E-state index in [-0.39, 0.29) is 16.1 Å². The highest BCUT2D eigenvalue weighted by molar-refractivity contribution is 8.26. The van der Waals surface area contributed by atoms with E-state index in [0.717, 1.165) is 33.6 Å². The van der Waals surface area contributed by atoms with Crippen LogP contribution in [0.3, 0.4) is 0 Å². The van der Waals surface area contributed by atoms with Crippen LogP contribution in [0.5, 0.6) is 5.75 Å². The number of carbonyl (C=O) groups excluding carboxylic acids is 2. The summed E-state index contributed by atoms with van der Waals surface area (Å²) in [4.78, 5) is 25.5. The van der Waals surface area contributed by atoms with Gasteiger partial charge in [0.25, 0.3) is 11.8 Å². The van der Waals surface area contributed by atoms with Crippen molar-refractivity contribution in [1.29, 1.82) is 0 Å². The maximum atomic E-state index is 12.6. The first-order valence-electron chi connectivity index (χ1n) is 8.47. The van der Waals surface area contributed by atoms with Gasteiger partial charge in [-0.05, 0) is 55.0 Å². The third-order valence-corrected chi connectivity index (χ3v) is 5.17. The molecule has 1 aliphatic heterocycles. The Morgan fingerprint density at radius 1 is 1.21 bits per heavy atom. The Kier molecular flexibility index (Phi) is 6.28. The lowest BCUT2D eigenvalue weighted by Crippen LogP contribution is -2.44. The second-order valence-electron chi connectivity index (χ2n) is 5.99. The normalized spacial score (nSPS) is 15.0. The Balaban J connectivity index is 1.70.